The van der Waals surface area contributed by atoms with Crippen LogP contribution >= 0.6 is 11.8 Å². The lowest BCUT2D eigenvalue weighted by Gasteiger charge is -2.17. The average Bonchev–Trinajstić information content (AvgIpc) is 3.06. The van der Waals surface area contributed by atoms with Crippen LogP contribution in [0.2, 0.25) is 0 Å². The molecule has 1 aromatic carbocycles. The van der Waals surface area contributed by atoms with Crippen molar-refractivity contribution in [2.75, 3.05) is 30.9 Å². The molecule has 2 N–H and O–H groups in total. The first kappa shape index (κ1) is 20.8. The number of carbonyl (C=O) groups excluding carboxylic acids is 4. The molecule has 1 aromatic rings. The standard InChI is InChI=1S/C18H23N3O5S/c1-3-7-19-18(25)20-15(22)11-26-17(24)12-8-16(23)21(10-12)13-5-4-6-14(9-13)27-2/h4-6,9,12H,3,7-8,10-11H2,1-2H3,(H2,19,20,22,25)/t12-/m0/s1. The number of urea groups is 1. The number of anilines is 1. The summed E-state index contributed by atoms with van der Waals surface area (Å²) in [7, 11) is 0. The number of hydrogen-bond acceptors (Lipinski definition) is 6. The van der Waals surface area contributed by atoms with Gasteiger partial charge in [-0.25, -0.2) is 4.79 Å². The van der Waals surface area contributed by atoms with Gasteiger partial charge in [0.2, 0.25) is 5.91 Å². The van der Waals surface area contributed by atoms with Gasteiger partial charge < -0.3 is 15.0 Å². The third kappa shape index (κ3) is 5.99. The van der Waals surface area contributed by atoms with Crippen LogP contribution in [0, 0.1) is 5.92 Å². The molecule has 146 valence electrons. The zero-order valence-corrected chi connectivity index (χ0v) is 16.1. The van der Waals surface area contributed by atoms with E-state index in [0.29, 0.717) is 6.54 Å². The van der Waals surface area contributed by atoms with E-state index in [0.717, 1.165) is 17.0 Å². The number of amides is 4. The molecule has 1 heterocycles. The van der Waals surface area contributed by atoms with E-state index in [1.165, 1.54) is 0 Å². The molecule has 1 fully saturated rings. The number of nitrogens with one attached hydrogen (secondary N) is 2. The van der Waals surface area contributed by atoms with Gasteiger partial charge in [0.1, 0.15) is 0 Å². The summed E-state index contributed by atoms with van der Waals surface area (Å²) >= 11 is 1.56. The first-order chi connectivity index (χ1) is 12.9. The minimum atomic E-state index is -0.717. The summed E-state index contributed by atoms with van der Waals surface area (Å²) in [5.74, 6) is -2.16. The van der Waals surface area contributed by atoms with Crippen LogP contribution in [-0.4, -0.2) is 49.8 Å². The fourth-order valence-corrected chi connectivity index (χ4v) is 3.05. The van der Waals surface area contributed by atoms with Crippen molar-refractivity contribution in [3.8, 4) is 0 Å². The normalized spacial score (nSPS) is 16.1. The molecule has 0 radical (unpaired) electrons. The van der Waals surface area contributed by atoms with E-state index in [-0.39, 0.29) is 18.9 Å². The SMILES string of the molecule is CCCNC(=O)NC(=O)COC(=O)[C@H]1CC(=O)N(c2cccc(SC)c2)C1. The number of esters is 1. The molecule has 1 aliphatic rings. The Hall–Kier alpha value is -2.55. The largest absolute Gasteiger partial charge is 0.455 e. The Morgan fingerprint density at radius 1 is 1.33 bits per heavy atom. The lowest BCUT2D eigenvalue weighted by atomic mass is 10.1. The summed E-state index contributed by atoms with van der Waals surface area (Å²) in [6.07, 6.45) is 2.71. The van der Waals surface area contributed by atoms with Gasteiger partial charge in [-0.15, -0.1) is 11.8 Å². The lowest BCUT2D eigenvalue weighted by Crippen LogP contribution is -2.42. The number of hydrogen-bond donors (Lipinski definition) is 2. The summed E-state index contributed by atoms with van der Waals surface area (Å²) in [4.78, 5) is 50.0. The third-order valence-corrected chi connectivity index (χ3v) is 4.68. The highest BCUT2D eigenvalue weighted by Crippen LogP contribution is 2.28. The van der Waals surface area contributed by atoms with Gasteiger partial charge in [-0.05, 0) is 30.9 Å². The number of benzene rings is 1. The number of nitrogens with zero attached hydrogens (tertiary/aromatic N) is 1. The molecule has 0 spiro atoms. The Balaban J connectivity index is 1.84. The molecular weight excluding hydrogens is 370 g/mol. The van der Waals surface area contributed by atoms with Crippen molar-refractivity contribution in [3.63, 3.8) is 0 Å². The maximum Gasteiger partial charge on any atom is 0.321 e. The Kier molecular flexibility index (Phi) is 7.66. The molecule has 0 aliphatic carbocycles. The van der Waals surface area contributed by atoms with Gasteiger partial charge in [-0.3, -0.25) is 19.7 Å². The first-order valence-electron chi connectivity index (χ1n) is 8.63. The predicted octanol–water partition coefficient (Wildman–Crippen LogP) is 1.54. The van der Waals surface area contributed by atoms with Crippen LogP contribution in [-0.2, 0) is 19.1 Å². The topological polar surface area (TPSA) is 105 Å². The molecule has 27 heavy (non-hydrogen) atoms. The molecule has 0 saturated carbocycles. The fraction of sp³-hybridized carbons (Fsp3) is 0.444. The maximum absolute atomic E-state index is 12.3. The zero-order chi connectivity index (χ0) is 19.8. The Morgan fingerprint density at radius 3 is 2.81 bits per heavy atom. The van der Waals surface area contributed by atoms with E-state index in [9.17, 15) is 19.2 Å². The average molecular weight is 393 g/mol. The van der Waals surface area contributed by atoms with Crippen molar-refractivity contribution >= 4 is 41.3 Å². The van der Waals surface area contributed by atoms with Gasteiger partial charge >= 0.3 is 12.0 Å². The molecular formula is C18H23N3O5S. The highest BCUT2D eigenvalue weighted by molar-refractivity contribution is 7.98. The molecule has 0 unspecified atom stereocenters. The number of thioether (sulfide) groups is 1. The van der Waals surface area contributed by atoms with Crippen molar-refractivity contribution in [1.29, 1.82) is 0 Å². The van der Waals surface area contributed by atoms with E-state index in [1.807, 2.05) is 37.4 Å². The number of imide groups is 1. The smallest absolute Gasteiger partial charge is 0.321 e. The molecule has 2 rings (SSSR count). The van der Waals surface area contributed by atoms with Gasteiger partial charge in [-0.2, -0.15) is 0 Å². The lowest BCUT2D eigenvalue weighted by molar-refractivity contribution is -0.152. The van der Waals surface area contributed by atoms with Gasteiger partial charge in [0, 0.05) is 30.1 Å². The Labute approximate surface area is 162 Å². The number of rotatable bonds is 7. The molecule has 8 nitrogen and oxygen atoms in total. The molecule has 0 bridgehead atoms. The van der Waals surface area contributed by atoms with Crippen molar-refractivity contribution in [1.82, 2.24) is 10.6 Å². The third-order valence-electron chi connectivity index (χ3n) is 3.96. The van der Waals surface area contributed by atoms with E-state index in [2.05, 4.69) is 10.6 Å². The molecule has 1 aliphatic heterocycles. The molecule has 1 saturated heterocycles. The molecule has 0 aromatic heterocycles. The minimum Gasteiger partial charge on any atom is -0.455 e. The number of ether oxygens (including phenoxy) is 1. The van der Waals surface area contributed by atoms with Gasteiger partial charge in [0.25, 0.3) is 5.91 Å². The van der Waals surface area contributed by atoms with Crippen molar-refractivity contribution in [2.24, 2.45) is 5.92 Å². The van der Waals surface area contributed by atoms with Crippen molar-refractivity contribution in [2.45, 2.75) is 24.7 Å². The van der Waals surface area contributed by atoms with Crippen LogP contribution in [0.3, 0.4) is 0 Å². The summed E-state index contributed by atoms with van der Waals surface area (Å²) in [5.41, 5.74) is 0.729. The van der Waals surface area contributed by atoms with E-state index in [1.54, 1.807) is 16.7 Å². The predicted molar refractivity (Wildman–Crippen MR) is 101 cm³/mol. The van der Waals surface area contributed by atoms with Crippen molar-refractivity contribution < 1.29 is 23.9 Å². The molecule has 1 atom stereocenters. The number of carbonyl (C=O) groups is 4. The van der Waals surface area contributed by atoms with Crippen LogP contribution in [0.1, 0.15) is 19.8 Å². The fourth-order valence-electron chi connectivity index (χ4n) is 2.59. The van der Waals surface area contributed by atoms with Crippen LogP contribution in [0.25, 0.3) is 0 Å². The van der Waals surface area contributed by atoms with E-state index in [4.69, 9.17) is 4.74 Å². The first-order valence-corrected chi connectivity index (χ1v) is 9.85. The second-order valence-corrected chi connectivity index (χ2v) is 6.90. The summed E-state index contributed by atoms with van der Waals surface area (Å²) in [6.45, 7) is 1.96. The minimum absolute atomic E-state index is 0.0287. The van der Waals surface area contributed by atoms with Gasteiger partial charge in [0.05, 0.1) is 5.92 Å². The Bertz CT molecular complexity index is 725. The summed E-state index contributed by atoms with van der Waals surface area (Å²) in [6, 6.07) is 6.87. The van der Waals surface area contributed by atoms with Crippen LogP contribution in [0.15, 0.2) is 29.2 Å². The second-order valence-electron chi connectivity index (χ2n) is 6.02. The molecule has 9 heteroatoms. The van der Waals surface area contributed by atoms with Crippen LogP contribution in [0.5, 0.6) is 0 Å². The quantitative estimate of drug-likeness (QED) is 0.538. The highest BCUT2D eigenvalue weighted by Gasteiger charge is 2.36. The van der Waals surface area contributed by atoms with Gasteiger partial charge in [-0.1, -0.05) is 13.0 Å². The monoisotopic (exact) mass is 393 g/mol. The summed E-state index contributed by atoms with van der Waals surface area (Å²) in [5, 5.41) is 4.55. The Morgan fingerprint density at radius 2 is 2.11 bits per heavy atom. The second kappa shape index (κ2) is 9.96. The van der Waals surface area contributed by atoms with Crippen LogP contribution in [0.4, 0.5) is 10.5 Å². The van der Waals surface area contributed by atoms with Crippen molar-refractivity contribution in [3.05, 3.63) is 24.3 Å². The van der Waals surface area contributed by atoms with Gasteiger partial charge in [0.15, 0.2) is 6.61 Å². The maximum atomic E-state index is 12.3. The van der Waals surface area contributed by atoms with E-state index < -0.39 is 30.4 Å². The van der Waals surface area contributed by atoms with E-state index >= 15 is 0 Å². The summed E-state index contributed by atoms with van der Waals surface area (Å²) < 4.78 is 4.96. The zero-order valence-electron chi connectivity index (χ0n) is 15.3. The molecule has 4 amide bonds. The highest BCUT2D eigenvalue weighted by atomic mass is 32.2. The van der Waals surface area contributed by atoms with Crippen LogP contribution < -0.4 is 15.5 Å².